The van der Waals surface area contributed by atoms with E-state index in [1.807, 2.05) is 13.8 Å². The number of halogens is 2. The summed E-state index contributed by atoms with van der Waals surface area (Å²) >= 11 is 11.9. The third-order valence-corrected chi connectivity index (χ3v) is 4.48. The molecular formula is C15H18Cl2N2O2. The van der Waals surface area contributed by atoms with Crippen LogP contribution in [0.2, 0.25) is 10.0 Å². The SMILES string of the molecule is CC[C@H](C)NC(=O)[C@H]1CCN(c2ccc(Cl)c(Cl)c2)C1=O. The molecular weight excluding hydrogens is 311 g/mol. The zero-order valence-corrected chi connectivity index (χ0v) is 13.5. The summed E-state index contributed by atoms with van der Waals surface area (Å²) in [5, 5.41) is 3.70. The minimum absolute atomic E-state index is 0.0735. The summed E-state index contributed by atoms with van der Waals surface area (Å²) in [6.45, 7) is 4.42. The Kier molecular flexibility index (Phi) is 5.12. The first kappa shape index (κ1) is 16.1. The molecule has 1 fully saturated rings. The van der Waals surface area contributed by atoms with Gasteiger partial charge in [-0.1, -0.05) is 30.1 Å². The molecule has 0 saturated carbocycles. The van der Waals surface area contributed by atoms with Crippen LogP contribution in [0.1, 0.15) is 26.7 Å². The minimum Gasteiger partial charge on any atom is -0.353 e. The second-order valence-corrected chi connectivity index (χ2v) is 6.06. The van der Waals surface area contributed by atoms with Crippen molar-refractivity contribution in [2.75, 3.05) is 11.4 Å². The third kappa shape index (κ3) is 3.50. The van der Waals surface area contributed by atoms with Gasteiger partial charge in [0, 0.05) is 18.3 Å². The highest BCUT2D eigenvalue weighted by Crippen LogP contribution is 2.31. The molecule has 0 unspecified atom stereocenters. The van der Waals surface area contributed by atoms with E-state index in [4.69, 9.17) is 23.2 Å². The second-order valence-electron chi connectivity index (χ2n) is 5.25. The monoisotopic (exact) mass is 328 g/mol. The van der Waals surface area contributed by atoms with Gasteiger partial charge in [-0.25, -0.2) is 0 Å². The molecule has 1 aromatic carbocycles. The number of benzene rings is 1. The van der Waals surface area contributed by atoms with Crippen molar-refractivity contribution in [2.24, 2.45) is 5.92 Å². The first-order valence-electron chi connectivity index (χ1n) is 7.00. The van der Waals surface area contributed by atoms with Crippen LogP contribution in [0.5, 0.6) is 0 Å². The fraction of sp³-hybridized carbons (Fsp3) is 0.467. The molecule has 0 aliphatic carbocycles. The molecule has 1 aromatic rings. The molecule has 1 N–H and O–H groups in total. The average Bonchev–Trinajstić information content (AvgIpc) is 2.83. The van der Waals surface area contributed by atoms with Crippen LogP contribution >= 0.6 is 23.2 Å². The molecule has 1 aliphatic heterocycles. The van der Waals surface area contributed by atoms with E-state index >= 15 is 0 Å². The van der Waals surface area contributed by atoms with Crippen LogP contribution in [0.4, 0.5) is 5.69 Å². The summed E-state index contributed by atoms with van der Waals surface area (Å²) in [6.07, 6.45) is 1.35. The molecule has 114 valence electrons. The zero-order chi connectivity index (χ0) is 15.6. The van der Waals surface area contributed by atoms with Crippen molar-refractivity contribution in [3.05, 3.63) is 28.2 Å². The number of amides is 2. The molecule has 2 amide bonds. The Morgan fingerprint density at radius 2 is 2.14 bits per heavy atom. The molecule has 0 spiro atoms. The van der Waals surface area contributed by atoms with Gasteiger partial charge in [-0.05, 0) is 38.0 Å². The van der Waals surface area contributed by atoms with Crippen LogP contribution in [0.15, 0.2) is 18.2 Å². The maximum absolute atomic E-state index is 12.4. The number of carbonyl (C=O) groups excluding carboxylic acids is 2. The van der Waals surface area contributed by atoms with E-state index in [-0.39, 0.29) is 17.9 Å². The zero-order valence-electron chi connectivity index (χ0n) is 12.0. The van der Waals surface area contributed by atoms with Crippen LogP contribution in [-0.2, 0) is 9.59 Å². The number of nitrogens with one attached hydrogen (secondary N) is 1. The summed E-state index contributed by atoms with van der Waals surface area (Å²) in [6, 6.07) is 5.11. The highest BCUT2D eigenvalue weighted by Gasteiger charge is 2.37. The second kappa shape index (κ2) is 6.67. The topological polar surface area (TPSA) is 49.4 Å². The van der Waals surface area contributed by atoms with Gasteiger partial charge in [-0.2, -0.15) is 0 Å². The third-order valence-electron chi connectivity index (χ3n) is 3.74. The summed E-state index contributed by atoms with van der Waals surface area (Å²) < 4.78 is 0. The van der Waals surface area contributed by atoms with Gasteiger partial charge in [0.15, 0.2) is 0 Å². The number of hydrogen-bond acceptors (Lipinski definition) is 2. The molecule has 4 nitrogen and oxygen atoms in total. The lowest BCUT2D eigenvalue weighted by molar-refractivity contribution is -0.132. The predicted molar refractivity (Wildman–Crippen MR) is 84.8 cm³/mol. The molecule has 21 heavy (non-hydrogen) atoms. The highest BCUT2D eigenvalue weighted by molar-refractivity contribution is 6.42. The lowest BCUT2D eigenvalue weighted by Crippen LogP contribution is -2.40. The van der Waals surface area contributed by atoms with E-state index in [0.29, 0.717) is 28.7 Å². The smallest absolute Gasteiger partial charge is 0.239 e. The first-order chi connectivity index (χ1) is 9.93. The van der Waals surface area contributed by atoms with E-state index in [9.17, 15) is 9.59 Å². The van der Waals surface area contributed by atoms with Crippen LogP contribution in [0.3, 0.4) is 0 Å². The van der Waals surface area contributed by atoms with Gasteiger partial charge in [0.1, 0.15) is 5.92 Å². The molecule has 1 aliphatic rings. The van der Waals surface area contributed by atoms with E-state index in [1.54, 1.807) is 23.1 Å². The molecule has 0 radical (unpaired) electrons. The number of carbonyl (C=O) groups is 2. The van der Waals surface area contributed by atoms with Crippen molar-refractivity contribution in [1.82, 2.24) is 5.32 Å². The van der Waals surface area contributed by atoms with Gasteiger partial charge in [0.25, 0.3) is 0 Å². The van der Waals surface area contributed by atoms with Crippen molar-refractivity contribution in [2.45, 2.75) is 32.7 Å². The maximum atomic E-state index is 12.4. The Morgan fingerprint density at radius 1 is 1.43 bits per heavy atom. The van der Waals surface area contributed by atoms with Gasteiger partial charge in [-0.15, -0.1) is 0 Å². The number of anilines is 1. The van der Waals surface area contributed by atoms with Crippen LogP contribution in [0.25, 0.3) is 0 Å². The van der Waals surface area contributed by atoms with Crippen molar-refractivity contribution < 1.29 is 9.59 Å². The van der Waals surface area contributed by atoms with E-state index < -0.39 is 5.92 Å². The minimum atomic E-state index is -0.617. The molecule has 2 atom stereocenters. The van der Waals surface area contributed by atoms with E-state index in [2.05, 4.69) is 5.32 Å². The largest absolute Gasteiger partial charge is 0.353 e. The van der Waals surface area contributed by atoms with Gasteiger partial charge in [-0.3, -0.25) is 9.59 Å². The van der Waals surface area contributed by atoms with Crippen molar-refractivity contribution in [1.29, 1.82) is 0 Å². The Morgan fingerprint density at radius 3 is 2.76 bits per heavy atom. The number of hydrogen-bond donors (Lipinski definition) is 1. The van der Waals surface area contributed by atoms with Crippen molar-refractivity contribution in [3.8, 4) is 0 Å². The molecule has 1 saturated heterocycles. The fourth-order valence-corrected chi connectivity index (χ4v) is 2.57. The lowest BCUT2D eigenvalue weighted by atomic mass is 10.1. The normalized spacial score (nSPS) is 19.7. The molecule has 6 heteroatoms. The Hall–Kier alpha value is -1.26. The summed E-state index contributed by atoms with van der Waals surface area (Å²) in [5.41, 5.74) is 0.674. The van der Waals surface area contributed by atoms with Gasteiger partial charge in [0.2, 0.25) is 11.8 Å². The van der Waals surface area contributed by atoms with Crippen LogP contribution in [0, 0.1) is 5.92 Å². The summed E-state index contributed by atoms with van der Waals surface area (Å²) in [7, 11) is 0. The Balaban J connectivity index is 2.10. The standard InChI is InChI=1S/C15H18Cl2N2O2/c1-3-9(2)18-14(20)11-6-7-19(15(11)21)10-4-5-12(16)13(17)8-10/h4-5,8-9,11H,3,6-7H2,1-2H3,(H,18,20)/t9-,11+/m0/s1. The van der Waals surface area contributed by atoms with Crippen LogP contribution in [-0.4, -0.2) is 24.4 Å². The molecule has 0 aromatic heterocycles. The van der Waals surface area contributed by atoms with Gasteiger partial charge >= 0.3 is 0 Å². The van der Waals surface area contributed by atoms with Crippen molar-refractivity contribution >= 4 is 40.7 Å². The predicted octanol–water partition coefficient (Wildman–Crippen LogP) is 3.26. The molecule has 0 bridgehead atoms. The Bertz CT molecular complexity index is 563. The van der Waals surface area contributed by atoms with E-state index in [1.165, 1.54) is 0 Å². The first-order valence-corrected chi connectivity index (χ1v) is 7.76. The quantitative estimate of drug-likeness (QED) is 0.862. The maximum Gasteiger partial charge on any atom is 0.239 e. The van der Waals surface area contributed by atoms with E-state index in [0.717, 1.165) is 6.42 Å². The Labute approximate surface area is 134 Å². The average molecular weight is 329 g/mol. The number of nitrogens with zero attached hydrogens (tertiary/aromatic N) is 1. The fourth-order valence-electron chi connectivity index (χ4n) is 2.28. The van der Waals surface area contributed by atoms with Crippen molar-refractivity contribution in [3.63, 3.8) is 0 Å². The molecule has 1 heterocycles. The molecule has 2 rings (SSSR count). The van der Waals surface area contributed by atoms with Gasteiger partial charge < -0.3 is 10.2 Å². The number of rotatable bonds is 4. The summed E-state index contributed by atoms with van der Waals surface area (Å²) in [4.78, 5) is 26.1. The highest BCUT2D eigenvalue weighted by atomic mass is 35.5. The lowest BCUT2D eigenvalue weighted by Gasteiger charge is -2.18. The van der Waals surface area contributed by atoms with Crippen LogP contribution < -0.4 is 10.2 Å². The summed E-state index contributed by atoms with van der Waals surface area (Å²) in [5.74, 6) is -1.00. The van der Waals surface area contributed by atoms with Gasteiger partial charge in [0.05, 0.1) is 10.0 Å².